The van der Waals surface area contributed by atoms with E-state index in [0.29, 0.717) is 12.2 Å². The molecule has 19 heavy (non-hydrogen) atoms. The predicted molar refractivity (Wildman–Crippen MR) is 73.2 cm³/mol. The fourth-order valence-electron chi connectivity index (χ4n) is 2.66. The van der Waals surface area contributed by atoms with Crippen molar-refractivity contribution in [3.63, 3.8) is 0 Å². The van der Waals surface area contributed by atoms with E-state index in [0.717, 1.165) is 18.4 Å². The molecule has 1 aliphatic rings. The smallest absolute Gasteiger partial charge is 0.142 e. The summed E-state index contributed by atoms with van der Waals surface area (Å²) < 4.78 is 2.16. The standard InChI is InChI=1S/C14H17N5/c15-14(16)13-10(4-3-7-17-13)8-19-9-18-11-5-1-2-6-12(11)19/h3-4,7,9H,1-2,5-6,8H2,(H3,15,16). The Kier molecular flexibility index (Phi) is 3.03. The van der Waals surface area contributed by atoms with E-state index in [4.69, 9.17) is 11.1 Å². The topological polar surface area (TPSA) is 80.6 Å². The van der Waals surface area contributed by atoms with Crippen LogP contribution in [0, 0.1) is 5.41 Å². The van der Waals surface area contributed by atoms with Crippen LogP contribution in [-0.2, 0) is 19.4 Å². The third kappa shape index (κ3) is 2.23. The first kappa shape index (κ1) is 11.9. The van der Waals surface area contributed by atoms with Crippen molar-refractivity contribution in [1.29, 1.82) is 5.41 Å². The van der Waals surface area contributed by atoms with Gasteiger partial charge in [0.15, 0.2) is 0 Å². The summed E-state index contributed by atoms with van der Waals surface area (Å²) in [5.41, 5.74) is 9.67. The number of hydrogen-bond donors (Lipinski definition) is 2. The average Bonchev–Trinajstić information content (AvgIpc) is 2.83. The summed E-state index contributed by atoms with van der Waals surface area (Å²) in [6.07, 6.45) is 8.19. The van der Waals surface area contributed by atoms with E-state index in [2.05, 4.69) is 14.5 Å². The van der Waals surface area contributed by atoms with E-state index < -0.39 is 0 Å². The molecule has 0 radical (unpaired) electrons. The van der Waals surface area contributed by atoms with E-state index >= 15 is 0 Å². The molecule has 0 aromatic carbocycles. The zero-order valence-corrected chi connectivity index (χ0v) is 10.8. The summed E-state index contributed by atoms with van der Waals surface area (Å²) in [5, 5.41) is 7.58. The van der Waals surface area contributed by atoms with Gasteiger partial charge in [0.05, 0.1) is 18.6 Å². The van der Waals surface area contributed by atoms with Crippen molar-refractivity contribution in [3.8, 4) is 0 Å². The molecule has 0 atom stereocenters. The molecule has 2 aromatic rings. The third-order valence-corrected chi connectivity index (χ3v) is 3.60. The minimum absolute atomic E-state index is 0.0181. The highest BCUT2D eigenvalue weighted by atomic mass is 15.1. The molecule has 5 nitrogen and oxygen atoms in total. The van der Waals surface area contributed by atoms with E-state index in [1.807, 2.05) is 18.5 Å². The molecule has 5 heteroatoms. The van der Waals surface area contributed by atoms with Gasteiger partial charge in [0, 0.05) is 17.5 Å². The van der Waals surface area contributed by atoms with Gasteiger partial charge in [-0.3, -0.25) is 10.4 Å². The third-order valence-electron chi connectivity index (χ3n) is 3.60. The zero-order valence-electron chi connectivity index (χ0n) is 10.8. The quantitative estimate of drug-likeness (QED) is 0.644. The van der Waals surface area contributed by atoms with Crippen molar-refractivity contribution in [2.75, 3.05) is 0 Å². The van der Waals surface area contributed by atoms with Crippen LogP contribution in [-0.4, -0.2) is 20.4 Å². The number of pyridine rings is 1. The Morgan fingerprint density at radius 3 is 3.00 bits per heavy atom. The average molecular weight is 255 g/mol. The van der Waals surface area contributed by atoms with Crippen LogP contribution in [0.15, 0.2) is 24.7 Å². The van der Waals surface area contributed by atoms with Crippen molar-refractivity contribution in [2.24, 2.45) is 5.73 Å². The van der Waals surface area contributed by atoms with Gasteiger partial charge in [-0.25, -0.2) is 4.98 Å². The Labute approximate surface area is 112 Å². The number of amidine groups is 1. The first-order valence-corrected chi connectivity index (χ1v) is 6.57. The SMILES string of the molecule is N=C(N)c1ncccc1Cn1cnc2c1CCCC2. The van der Waals surface area contributed by atoms with Crippen molar-refractivity contribution >= 4 is 5.84 Å². The monoisotopic (exact) mass is 255 g/mol. The van der Waals surface area contributed by atoms with E-state index in [9.17, 15) is 0 Å². The van der Waals surface area contributed by atoms with Crippen LogP contribution in [0.25, 0.3) is 0 Å². The minimum atomic E-state index is 0.0181. The second-order valence-corrected chi connectivity index (χ2v) is 4.90. The highest BCUT2D eigenvalue weighted by Crippen LogP contribution is 2.21. The van der Waals surface area contributed by atoms with Crippen molar-refractivity contribution < 1.29 is 0 Å². The molecule has 1 aliphatic carbocycles. The lowest BCUT2D eigenvalue weighted by atomic mass is 10.0. The number of fused-ring (bicyclic) bond motifs is 1. The van der Waals surface area contributed by atoms with Crippen LogP contribution in [0.3, 0.4) is 0 Å². The number of hydrogen-bond acceptors (Lipinski definition) is 3. The van der Waals surface area contributed by atoms with E-state index in [-0.39, 0.29) is 5.84 Å². The molecule has 0 unspecified atom stereocenters. The summed E-state index contributed by atoms with van der Waals surface area (Å²) in [6, 6.07) is 3.85. The summed E-state index contributed by atoms with van der Waals surface area (Å²) >= 11 is 0. The number of rotatable bonds is 3. The molecule has 3 rings (SSSR count). The summed E-state index contributed by atoms with van der Waals surface area (Å²) in [4.78, 5) is 8.67. The largest absolute Gasteiger partial charge is 0.382 e. The summed E-state index contributed by atoms with van der Waals surface area (Å²) in [5.74, 6) is 0.0181. The van der Waals surface area contributed by atoms with Crippen LogP contribution >= 0.6 is 0 Å². The van der Waals surface area contributed by atoms with E-state index in [1.54, 1.807) is 6.20 Å². The van der Waals surface area contributed by atoms with Gasteiger partial charge in [0.1, 0.15) is 11.5 Å². The molecule has 98 valence electrons. The van der Waals surface area contributed by atoms with Crippen LogP contribution in [0.4, 0.5) is 0 Å². The number of nitrogens with one attached hydrogen (secondary N) is 1. The molecule has 0 fully saturated rings. The van der Waals surface area contributed by atoms with Gasteiger partial charge in [0.2, 0.25) is 0 Å². The molecule has 0 bridgehead atoms. The second kappa shape index (κ2) is 4.84. The van der Waals surface area contributed by atoms with Crippen LogP contribution in [0.1, 0.15) is 35.5 Å². The highest BCUT2D eigenvalue weighted by Gasteiger charge is 2.16. The number of imidazole rings is 1. The van der Waals surface area contributed by atoms with Gasteiger partial charge in [0.25, 0.3) is 0 Å². The lowest BCUT2D eigenvalue weighted by molar-refractivity contribution is 0.628. The Balaban J connectivity index is 1.94. The molecular weight excluding hydrogens is 238 g/mol. The van der Waals surface area contributed by atoms with Gasteiger partial charge in [-0.15, -0.1) is 0 Å². The van der Waals surface area contributed by atoms with Crippen LogP contribution < -0.4 is 5.73 Å². The maximum Gasteiger partial charge on any atom is 0.142 e. The first-order valence-electron chi connectivity index (χ1n) is 6.57. The second-order valence-electron chi connectivity index (χ2n) is 4.90. The number of aromatic nitrogens is 3. The molecule has 0 saturated carbocycles. The van der Waals surface area contributed by atoms with Crippen LogP contribution in [0.2, 0.25) is 0 Å². The maximum absolute atomic E-state index is 7.58. The summed E-state index contributed by atoms with van der Waals surface area (Å²) in [7, 11) is 0. The lowest BCUT2D eigenvalue weighted by Crippen LogP contribution is -2.18. The van der Waals surface area contributed by atoms with Gasteiger partial charge >= 0.3 is 0 Å². The fourth-order valence-corrected chi connectivity index (χ4v) is 2.66. The molecular formula is C14H17N5. The molecule has 3 N–H and O–H groups in total. The van der Waals surface area contributed by atoms with E-state index in [1.165, 1.54) is 24.2 Å². The van der Waals surface area contributed by atoms with Crippen LogP contribution in [0.5, 0.6) is 0 Å². The van der Waals surface area contributed by atoms with Gasteiger partial charge in [-0.05, 0) is 31.7 Å². The molecule has 2 aromatic heterocycles. The molecule has 0 aliphatic heterocycles. The minimum Gasteiger partial charge on any atom is -0.382 e. The normalized spacial score (nSPS) is 14.1. The molecule has 0 saturated heterocycles. The number of nitrogen functional groups attached to an aromatic ring is 1. The predicted octanol–water partition coefficient (Wildman–Crippen LogP) is 1.49. The van der Waals surface area contributed by atoms with Gasteiger partial charge in [-0.1, -0.05) is 6.07 Å². The van der Waals surface area contributed by atoms with Crippen molar-refractivity contribution in [1.82, 2.24) is 14.5 Å². The Hall–Kier alpha value is -2.17. The maximum atomic E-state index is 7.58. The van der Waals surface area contributed by atoms with Crippen molar-refractivity contribution in [2.45, 2.75) is 32.2 Å². The molecule has 0 spiro atoms. The Bertz CT molecular complexity index is 614. The van der Waals surface area contributed by atoms with Gasteiger partial charge < -0.3 is 10.3 Å². The van der Waals surface area contributed by atoms with Crippen molar-refractivity contribution in [3.05, 3.63) is 47.3 Å². The Morgan fingerprint density at radius 1 is 1.32 bits per heavy atom. The zero-order chi connectivity index (χ0) is 13.2. The van der Waals surface area contributed by atoms with Gasteiger partial charge in [-0.2, -0.15) is 0 Å². The lowest BCUT2D eigenvalue weighted by Gasteiger charge is -2.15. The summed E-state index contributed by atoms with van der Waals surface area (Å²) in [6.45, 7) is 0.686. The molecule has 2 heterocycles. The number of aryl methyl sites for hydroxylation is 1. The number of nitrogens with zero attached hydrogens (tertiary/aromatic N) is 3. The fraction of sp³-hybridized carbons (Fsp3) is 0.357. The first-order chi connectivity index (χ1) is 9.25. The molecule has 0 amide bonds. The number of nitrogens with two attached hydrogens (primary N) is 1. The Morgan fingerprint density at radius 2 is 2.16 bits per heavy atom. The highest BCUT2D eigenvalue weighted by molar-refractivity contribution is 5.94.